The third-order valence-corrected chi connectivity index (χ3v) is 6.28. The molecule has 1 atom stereocenters. The summed E-state index contributed by atoms with van der Waals surface area (Å²) in [4.78, 5) is 41.7. The number of hydrogen-bond acceptors (Lipinski definition) is 5. The average Bonchev–Trinajstić information content (AvgIpc) is 3.21. The lowest BCUT2D eigenvalue weighted by Gasteiger charge is -2.35. The van der Waals surface area contributed by atoms with Crippen LogP contribution in [0.4, 0.5) is 5.69 Å². The Morgan fingerprint density at radius 3 is 2.15 bits per heavy atom. The van der Waals surface area contributed by atoms with Crippen molar-refractivity contribution in [2.45, 2.75) is 26.3 Å². The summed E-state index contributed by atoms with van der Waals surface area (Å²) in [7, 11) is 0. The van der Waals surface area contributed by atoms with Crippen molar-refractivity contribution in [2.24, 2.45) is 0 Å². The molecule has 0 saturated carbocycles. The molecule has 1 aromatic heterocycles. The van der Waals surface area contributed by atoms with Crippen molar-refractivity contribution in [3.8, 4) is 5.69 Å². The second-order valence-electron chi connectivity index (χ2n) is 8.03. The number of piperazine rings is 1. The molecule has 1 amide bonds. The monoisotopic (exact) mass is 467 g/mol. The molecule has 0 spiro atoms. The van der Waals surface area contributed by atoms with Crippen LogP contribution < -0.4 is 10.6 Å². The van der Waals surface area contributed by atoms with Crippen LogP contribution in [0.1, 0.15) is 36.7 Å². The molecule has 0 bridgehead atoms. The number of anilines is 1. The van der Waals surface area contributed by atoms with Gasteiger partial charge in [0.25, 0.3) is 0 Å². The minimum absolute atomic E-state index is 0.0984. The van der Waals surface area contributed by atoms with Crippen LogP contribution in [0, 0.1) is 0 Å². The highest BCUT2D eigenvalue weighted by Gasteiger charge is 2.24. The average molecular weight is 468 g/mol. The highest BCUT2D eigenvalue weighted by atomic mass is 35.5. The van der Waals surface area contributed by atoms with E-state index in [9.17, 15) is 14.4 Å². The van der Waals surface area contributed by atoms with Crippen LogP contribution in [0.15, 0.2) is 59.7 Å². The molecule has 0 radical (unpaired) electrons. The fourth-order valence-electron chi connectivity index (χ4n) is 4.09. The lowest BCUT2D eigenvalue weighted by atomic mass is 10.0. The Hall–Kier alpha value is -3.39. The molecule has 9 heteroatoms. The van der Waals surface area contributed by atoms with E-state index in [-0.39, 0.29) is 17.4 Å². The Labute approximate surface area is 197 Å². The van der Waals surface area contributed by atoms with Crippen molar-refractivity contribution in [1.82, 2.24) is 19.2 Å². The first kappa shape index (κ1) is 22.8. The van der Waals surface area contributed by atoms with E-state index in [0.717, 1.165) is 18.8 Å². The van der Waals surface area contributed by atoms with Crippen molar-refractivity contribution in [3.63, 3.8) is 0 Å². The van der Waals surface area contributed by atoms with Gasteiger partial charge in [0, 0.05) is 49.4 Å². The van der Waals surface area contributed by atoms with Gasteiger partial charge in [-0.05, 0) is 55.0 Å². The minimum Gasteiger partial charge on any atom is -0.368 e. The number of carbonyl (C=O) groups excluding carboxylic acids is 2. The molecule has 1 saturated heterocycles. The van der Waals surface area contributed by atoms with Gasteiger partial charge in [0.1, 0.15) is 12.4 Å². The van der Waals surface area contributed by atoms with Gasteiger partial charge < -0.3 is 9.80 Å². The van der Waals surface area contributed by atoms with Gasteiger partial charge in [-0.25, -0.2) is 14.0 Å². The SMILES string of the molecule is CCC(C(=O)c1ccc(Cl)cc1)n1ncn(-c2ccc(N3CCN(C(C)=O)CC3)cc2)c1=O. The van der Waals surface area contributed by atoms with Gasteiger partial charge in [-0.2, -0.15) is 5.10 Å². The number of nitrogens with zero attached hydrogens (tertiary/aromatic N) is 5. The Morgan fingerprint density at radius 2 is 1.58 bits per heavy atom. The van der Waals surface area contributed by atoms with Crippen molar-refractivity contribution in [1.29, 1.82) is 0 Å². The number of aromatic nitrogens is 3. The normalized spacial score (nSPS) is 14.9. The Kier molecular flexibility index (Phi) is 6.65. The van der Waals surface area contributed by atoms with E-state index in [1.54, 1.807) is 31.2 Å². The van der Waals surface area contributed by atoms with E-state index in [1.165, 1.54) is 15.6 Å². The maximum atomic E-state index is 13.1. The summed E-state index contributed by atoms with van der Waals surface area (Å²) >= 11 is 5.92. The first-order valence-electron chi connectivity index (χ1n) is 11.0. The molecule has 3 aromatic rings. The Morgan fingerprint density at radius 1 is 0.970 bits per heavy atom. The summed E-state index contributed by atoms with van der Waals surface area (Å²) in [6, 6.07) is 13.6. The second kappa shape index (κ2) is 9.62. The molecule has 172 valence electrons. The molecule has 1 unspecified atom stereocenters. The number of hydrogen-bond donors (Lipinski definition) is 0. The van der Waals surface area contributed by atoms with Gasteiger partial charge in [-0.15, -0.1) is 0 Å². The minimum atomic E-state index is -0.697. The largest absolute Gasteiger partial charge is 0.368 e. The predicted octanol–water partition coefficient (Wildman–Crippen LogP) is 3.19. The fourth-order valence-corrected chi connectivity index (χ4v) is 4.21. The number of rotatable bonds is 6. The fraction of sp³-hybridized carbons (Fsp3) is 0.333. The number of halogens is 1. The summed E-state index contributed by atoms with van der Waals surface area (Å²) in [5, 5.41) is 4.78. The third kappa shape index (κ3) is 4.71. The molecule has 2 heterocycles. The van der Waals surface area contributed by atoms with Crippen LogP contribution in [0.5, 0.6) is 0 Å². The van der Waals surface area contributed by atoms with Gasteiger partial charge in [0.15, 0.2) is 5.78 Å². The van der Waals surface area contributed by atoms with Crippen molar-refractivity contribution < 1.29 is 9.59 Å². The first-order valence-corrected chi connectivity index (χ1v) is 11.3. The van der Waals surface area contributed by atoms with Crippen LogP contribution in [-0.4, -0.2) is 57.1 Å². The quantitative estimate of drug-likeness (QED) is 0.520. The summed E-state index contributed by atoms with van der Waals surface area (Å²) in [5.41, 5.74) is 1.83. The number of carbonyl (C=O) groups is 2. The smallest absolute Gasteiger partial charge is 0.351 e. The zero-order valence-electron chi connectivity index (χ0n) is 18.6. The highest BCUT2D eigenvalue weighted by molar-refractivity contribution is 6.30. The molecule has 2 aromatic carbocycles. The number of Topliss-reactive ketones (excluding diaryl/α,β-unsaturated/α-hetero) is 1. The van der Waals surface area contributed by atoms with Crippen LogP contribution in [0.2, 0.25) is 5.02 Å². The van der Waals surface area contributed by atoms with Crippen LogP contribution in [0.3, 0.4) is 0 Å². The van der Waals surface area contributed by atoms with Gasteiger partial charge in [-0.3, -0.25) is 9.59 Å². The van der Waals surface area contributed by atoms with Crippen molar-refractivity contribution in [2.75, 3.05) is 31.1 Å². The molecule has 1 aliphatic heterocycles. The molecular formula is C24H26ClN5O3. The molecule has 4 rings (SSSR count). The summed E-state index contributed by atoms with van der Waals surface area (Å²) in [6.07, 6.45) is 1.88. The number of amides is 1. The van der Waals surface area contributed by atoms with Crippen LogP contribution in [-0.2, 0) is 4.79 Å². The van der Waals surface area contributed by atoms with Gasteiger partial charge in [0.2, 0.25) is 5.91 Å². The Balaban J connectivity index is 1.52. The second-order valence-corrected chi connectivity index (χ2v) is 8.47. The number of benzene rings is 2. The molecule has 0 N–H and O–H groups in total. The van der Waals surface area contributed by atoms with Crippen molar-refractivity contribution >= 4 is 29.0 Å². The summed E-state index contributed by atoms with van der Waals surface area (Å²) in [5.74, 6) is -0.0807. The molecule has 1 fully saturated rings. The van der Waals surface area contributed by atoms with E-state index in [0.29, 0.717) is 35.8 Å². The van der Waals surface area contributed by atoms with E-state index in [4.69, 9.17) is 11.6 Å². The van der Waals surface area contributed by atoms with Crippen LogP contribution >= 0.6 is 11.6 Å². The molecule has 1 aliphatic rings. The van der Waals surface area contributed by atoms with Crippen molar-refractivity contribution in [3.05, 3.63) is 75.9 Å². The van der Waals surface area contributed by atoms with Gasteiger partial charge >= 0.3 is 5.69 Å². The summed E-state index contributed by atoms with van der Waals surface area (Å²) in [6.45, 7) is 6.37. The predicted molar refractivity (Wildman–Crippen MR) is 127 cm³/mol. The highest BCUT2D eigenvalue weighted by Crippen LogP contribution is 2.20. The first-order chi connectivity index (χ1) is 15.9. The molecule has 8 nitrogen and oxygen atoms in total. The topological polar surface area (TPSA) is 80.4 Å². The lowest BCUT2D eigenvalue weighted by molar-refractivity contribution is -0.129. The molecule has 0 aliphatic carbocycles. The van der Waals surface area contributed by atoms with E-state index < -0.39 is 6.04 Å². The van der Waals surface area contributed by atoms with E-state index >= 15 is 0 Å². The maximum absolute atomic E-state index is 13.1. The Bertz CT molecular complexity index is 1190. The third-order valence-electron chi connectivity index (χ3n) is 6.02. The zero-order chi connectivity index (χ0) is 23.5. The van der Waals surface area contributed by atoms with Gasteiger partial charge in [0.05, 0.1) is 5.69 Å². The summed E-state index contributed by atoms with van der Waals surface area (Å²) < 4.78 is 2.68. The standard InChI is InChI=1S/C24H26ClN5O3/c1-3-22(23(32)18-4-6-19(25)7-5-18)30-24(33)29(16-26-30)21-10-8-20(9-11-21)28-14-12-27(13-15-28)17(2)31/h4-11,16,22H,3,12-15H2,1-2H3. The van der Waals surface area contributed by atoms with E-state index in [2.05, 4.69) is 10.00 Å². The molecular weight excluding hydrogens is 442 g/mol. The number of ketones is 1. The zero-order valence-corrected chi connectivity index (χ0v) is 19.4. The maximum Gasteiger partial charge on any atom is 0.351 e. The molecule has 33 heavy (non-hydrogen) atoms. The lowest BCUT2D eigenvalue weighted by Crippen LogP contribution is -2.48. The van der Waals surface area contributed by atoms with Gasteiger partial charge in [-0.1, -0.05) is 18.5 Å². The van der Waals surface area contributed by atoms with Crippen LogP contribution in [0.25, 0.3) is 5.69 Å². The van der Waals surface area contributed by atoms with E-state index in [1.807, 2.05) is 36.1 Å².